The lowest BCUT2D eigenvalue weighted by Crippen LogP contribution is -2.38. The Morgan fingerprint density at radius 1 is 1.38 bits per heavy atom. The summed E-state index contributed by atoms with van der Waals surface area (Å²) in [7, 11) is 0. The first-order valence-corrected chi connectivity index (χ1v) is 8.86. The van der Waals surface area contributed by atoms with Gasteiger partial charge in [0.15, 0.2) is 0 Å². The first-order chi connectivity index (χ1) is 12.0. The van der Waals surface area contributed by atoms with Crippen LogP contribution in [0.3, 0.4) is 0 Å². The number of hydrogen-bond acceptors (Lipinski definition) is 6. The van der Waals surface area contributed by atoms with Gasteiger partial charge in [-0.3, -0.25) is 9.89 Å². The van der Waals surface area contributed by atoms with Crippen molar-refractivity contribution >= 4 is 11.9 Å². The van der Waals surface area contributed by atoms with Crippen LogP contribution in [0.5, 0.6) is 0 Å². The van der Waals surface area contributed by atoms with Crippen molar-refractivity contribution in [2.45, 2.75) is 65.3 Å². The van der Waals surface area contributed by atoms with Gasteiger partial charge in [0.05, 0.1) is 12.5 Å². The van der Waals surface area contributed by atoms with E-state index in [1.54, 1.807) is 0 Å². The Kier molecular flexibility index (Phi) is 4.46. The Labute approximate surface area is 153 Å². The van der Waals surface area contributed by atoms with Gasteiger partial charge in [-0.05, 0) is 18.3 Å². The molecule has 1 aliphatic rings. The standard InChI is InChI=1S/C18H27N7O/c1-17(2,3)15-20-9-10-11(7-18(4,5)8-12(10)22-15)21-14(26)6-13-23-16(19)25-24-13/h9,11H,6-8H2,1-5H3,(H,21,26)(H3,19,23,24,25)/t11-/m1/s1. The summed E-state index contributed by atoms with van der Waals surface area (Å²) in [5.74, 6) is 1.29. The molecule has 0 saturated carbocycles. The van der Waals surface area contributed by atoms with Gasteiger partial charge in [0.1, 0.15) is 11.6 Å². The Morgan fingerprint density at radius 2 is 2.12 bits per heavy atom. The summed E-state index contributed by atoms with van der Waals surface area (Å²) in [5.41, 5.74) is 7.45. The van der Waals surface area contributed by atoms with E-state index in [4.69, 9.17) is 10.7 Å². The zero-order chi connectivity index (χ0) is 19.1. The third-order valence-electron chi connectivity index (χ3n) is 4.56. The van der Waals surface area contributed by atoms with Crippen LogP contribution in [0, 0.1) is 5.41 Å². The number of nitrogens with zero attached hydrogens (tertiary/aromatic N) is 4. The Bertz CT molecular complexity index is 819. The molecule has 140 valence electrons. The van der Waals surface area contributed by atoms with E-state index in [1.807, 2.05) is 6.20 Å². The van der Waals surface area contributed by atoms with Crippen molar-refractivity contribution in [3.63, 3.8) is 0 Å². The normalized spacial score (nSPS) is 19.0. The van der Waals surface area contributed by atoms with E-state index < -0.39 is 0 Å². The van der Waals surface area contributed by atoms with Crippen molar-refractivity contribution in [1.82, 2.24) is 30.5 Å². The van der Waals surface area contributed by atoms with E-state index in [0.717, 1.165) is 29.9 Å². The Morgan fingerprint density at radius 3 is 2.73 bits per heavy atom. The maximum atomic E-state index is 12.5. The minimum absolute atomic E-state index is 0.0467. The van der Waals surface area contributed by atoms with Crippen molar-refractivity contribution in [3.05, 3.63) is 29.1 Å². The van der Waals surface area contributed by atoms with Crippen LogP contribution >= 0.6 is 0 Å². The highest BCUT2D eigenvalue weighted by atomic mass is 16.1. The van der Waals surface area contributed by atoms with E-state index >= 15 is 0 Å². The Hall–Kier alpha value is -2.51. The number of carbonyl (C=O) groups is 1. The summed E-state index contributed by atoms with van der Waals surface area (Å²) in [6.45, 7) is 10.7. The number of nitrogen functional groups attached to an aromatic ring is 1. The fraction of sp³-hybridized carbons (Fsp3) is 0.611. The number of hydrogen-bond donors (Lipinski definition) is 3. The van der Waals surface area contributed by atoms with E-state index in [9.17, 15) is 4.79 Å². The minimum Gasteiger partial charge on any atom is -0.367 e. The fourth-order valence-corrected chi connectivity index (χ4v) is 3.32. The lowest BCUT2D eigenvalue weighted by molar-refractivity contribution is -0.121. The Balaban J connectivity index is 1.83. The van der Waals surface area contributed by atoms with Crippen molar-refractivity contribution in [3.8, 4) is 0 Å². The molecular weight excluding hydrogens is 330 g/mol. The first-order valence-electron chi connectivity index (χ1n) is 8.86. The molecule has 0 aromatic carbocycles. The number of H-pyrrole nitrogens is 1. The number of aromatic amines is 1. The van der Waals surface area contributed by atoms with Gasteiger partial charge in [0.2, 0.25) is 11.9 Å². The van der Waals surface area contributed by atoms with Gasteiger partial charge in [-0.25, -0.2) is 9.97 Å². The number of fused-ring (bicyclic) bond motifs is 1. The molecule has 2 aromatic rings. The van der Waals surface area contributed by atoms with Gasteiger partial charge >= 0.3 is 0 Å². The van der Waals surface area contributed by atoms with Crippen molar-refractivity contribution in [1.29, 1.82) is 0 Å². The van der Waals surface area contributed by atoms with Crippen molar-refractivity contribution in [2.24, 2.45) is 5.41 Å². The van der Waals surface area contributed by atoms with Crippen LogP contribution in [-0.2, 0) is 23.1 Å². The molecule has 1 amide bonds. The highest BCUT2D eigenvalue weighted by molar-refractivity contribution is 5.78. The molecule has 0 unspecified atom stereocenters. The zero-order valence-electron chi connectivity index (χ0n) is 16.1. The first kappa shape index (κ1) is 18.3. The summed E-state index contributed by atoms with van der Waals surface area (Å²) < 4.78 is 0. The van der Waals surface area contributed by atoms with Gasteiger partial charge in [-0.1, -0.05) is 34.6 Å². The predicted octanol–water partition coefficient (Wildman–Crippen LogP) is 1.85. The molecule has 26 heavy (non-hydrogen) atoms. The van der Waals surface area contributed by atoms with E-state index in [-0.39, 0.29) is 35.1 Å². The molecule has 2 heterocycles. The monoisotopic (exact) mass is 357 g/mol. The summed E-state index contributed by atoms with van der Waals surface area (Å²) >= 11 is 0. The number of carbonyl (C=O) groups excluding carboxylic acids is 1. The maximum absolute atomic E-state index is 12.5. The van der Waals surface area contributed by atoms with E-state index in [0.29, 0.717) is 5.82 Å². The van der Waals surface area contributed by atoms with Gasteiger partial charge < -0.3 is 11.1 Å². The summed E-state index contributed by atoms with van der Waals surface area (Å²) in [4.78, 5) is 25.8. The van der Waals surface area contributed by atoms with Crippen LogP contribution in [0.4, 0.5) is 5.95 Å². The highest BCUT2D eigenvalue weighted by Crippen LogP contribution is 2.40. The smallest absolute Gasteiger partial charge is 0.239 e. The topological polar surface area (TPSA) is 122 Å². The molecular formula is C18H27N7O. The average Bonchev–Trinajstić information content (AvgIpc) is 2.89. The molecule has 0 saturated heterocycles. The van der Waals surface area contributed by atoms with E-state index in [1.165, 1.54) is 0 Å². The molecule has 8 nitrogen and oxygen atoms in total. The number of amides is 1. The summed E-state index contributed by atoms with van der Waals surface area (Å²) in [6.07, 6.45) is 3.69. The minimum atomic E-state index is -0.130. The molecule has 8 heteroatoms. The highest BCUT2D eigenvalue weighted by Gasteiger charge is 2.35. The quantitative estimate of drug-likeness (QED) is 0.770. The molecule has 0 radical (unpaired) electrons. The number of nitrogens with two attached hydrogens (primary N) is 1. The second-order valence-corrected chi connectivity index (χ2v) is 8.83. The number of aromatic nitrogens is 5. The molecule has 0 spiro atoms. The summed E-state index contributed by atoms with van der Waals surface area (Å²) in [6, 6.07) is -0.115. The summed E-state index contributed by atoms with van der Waals surface area (Å²) in [5, 5.41) is 9.51. The molecule has 1 aliphatic carbocycles. The van der Waals surface area contributed by atoms with Crippen LogP contribution < -0.4 is 11.1 Å². The average molecular weight is 357 g/mol. The number of anilines is 1. The molecule has 1 atom stereocenters. The number of nitrogens with one attached hydrogen (secondary N) is 2. The molecule has 3 rings (SSSR count). The predicted molar refractivity (Wildman–Crippen MR) is 98.2 cm³/mol. The third kappa shape index (κ3) is 4.00. The fourth-order valence-electron chi connectivity index (χ4n) is 3.32. The van der Waals surface area contributed by atoms with Crippen LogP contribution in [0.2, 0.25) is 0 Å². The van der Waals surface area contributed by atoms with Crippen molar-refractivity contribution in [2.75, 3.05) is 5.73 Å². The van der Waals surface area contributed by atoms with Crippen LogP contribution in [0.25, 0.3) is 0 Å². The molecule has 0 fully saturated rings. The third-order valence-corrected chi connectivity index (χ3v) is 4.56. The molecule has 2 aromatic heterocycles. The molecule has 0 aliphatic heterocycles. The second kappa shape index (κ2) is 6.34. The largest absolute Gasteiger partial charge is 0.367 e. The maximum Gasteiger partial charge on any atom is 0.239 e. The second-order valence-electron chi connectivity index (χ2n) is 8.83. The van der Waals surface area contributed by atoms with Gasteiger partial charge in [0.25, 0.3) is 0 Å². The van der Waals surface area contributed by atoms with Gasteiger partial charge in [0, 0.05) is 22.9 Å². The lowest BCUT2D eigenvalue weighted by atomic mass is 9.74. The van der Waals surface area contributed by atoms with Gasteiger partial charge in [-0.2, -0.15) is 4.98 Å². The molecule has 0 bridgehead atoms. The number of rotatable bonds is 3. The lowest BCUT2D eigenvalue weighted by Gasteiger charge is -2.37. The van der Waals surface area contributed by atoms with Crippen LogP contribution in [0.1, 0.15) is 70.0 Å². The van der Waals surface area contributed by atoms with Gasteiger partial charge in [-0.15, -0.1) is 5.10 Å². The van der Waals surface area contributed by atoms with Crippen molar-refractivity contribution < 1.29 is 4.79 Å². The SMILES string of the molecule is CC1(C)Cc2nc(C(C)(C)C)ncc2[C@H](NC(=O)Cc2nc(N)n[nH]2)C1. The van der Waals surface area contributed by atoms with Crippen LogP contribution in [-0.4, -0.2) is 31.1 Å². The van der Waals surface area contributed by atoms with E-state index in [2.05, 4.69) is 60.1 Å². The zero-order valence-corrected chi connectivity index (χ0v) is 16.1. The van der Waals surface area contributed by atoms with Crippen LogP contribution in [0.15, 0.2) is 6.20 Å². The molecule has 4 N–H and O–H groups in total.